The average molecular weight is 403 g/mol. The summed E-state index contributed by atoms with van der Waals surface area (Å²) in [7, 11) is 3.98. The van der Waals surface area contributed by atoms with Gasteiger partial charge in [-0.05, 0) is 24.8 Å². The van der Waals surface area contributed by atoms with E-state index in [4.69, 9.17) is 5.73 Å². The summed E-state index contributed by atoms with van der Waals surface area (Å²) in [6, 6.07) is 3.99. The zero-order valence-corrected chi connectivity index (χ0v) is 15.4. The first-order valence-electron chi connectivity index (χ1n) is 7.24. The van der Waals surface area contributed by atoms with E-state index in [0.717, 1.165) is 24.5 Å². The summed E-state index contributed by atoms with van der Waals surface area (Å²) in [5, 5.41) is 0. The lowest BCUT2D eigenvalue weighted by molar-refractivity contribution is 0.270. The van der Waals surface area contributed by atoms with E-state index in [1.165, 1.54) is 12.8 Å². The van der Waals surface area contributed by atoms with E-state index in [1.807, 2.05) is 25.1 Å². The highest BCUT2D eigenvalue weighted by atomic mass is 127. The molecule has 0 aromatic carbocycles. The van der Waals surface area contributed by atoms with Crippen LogP contribution in [0.4, 0.5) is 5.82 Å². The monoisotopic (exact) mass is 403 g/mol. The molecule has 6 heteroatoms. The average Bonchev–Trinajstić information content (AvgIpc) is 2.45. The summed E-state index contributed by atoms with van der Waals surface area (Å²) in [4.78, 5) is 13.1. The van der Waals surface area contributed by atoms with Gasteiger partial charge in [0.15, 0.2) is 5.96 Å². The number of aliphatic imine (C=N–C) groups is 1. The summed E-state index contributed by atoms with van der Waals surface area (Å²) < 4.78 is 0. The third kappa shape index (κ3) is 5.01. The molecule has 0 bridgehead atoms. The zero-order valence-electron chi connectivity index (χ0n) is 13.1. The van der Waals surface area contributed by atoms with Gasteiger partial charge in [-0.25, -0.2) is 9.98 Å². The molecule has 1 aromatic rings. The van der Waals surface area contributed by atoms with Gasteiger partial charge in [-0.3, -0.25) is 0 Å². The molecule has 1 aliphatic heterocycles. The van der Waals surface area contributed by atoms with Crippen molar-refractivity contribution in [1.82, 2.24) is 9.88 Å². The lowest BCUT2D eigenvalue weighted by Gasteiger charge is -2.31. The van der Waals surface area contributed by atoms with Gasteiger partial charge in [-0.1, -0.05) is 13.0 Å². The maximum absolute atomic E-state index is 6.13. The quantitative estimate of drug-likeness (QED) is 0.478. The van der Waals surface area contributed by atoms with Crippen molar-refractivity contribution in [1.29, 1.82) is 0 Å². The first kappa shape index (κ1) is 18.0. The number of aromatic nitrogens is 1. The highest BCUT2D eigenvalue weighted by Crippen LogP contribution is 2.17. The van der Waals surface area contributed by atoms with Crippen molar-refractivity contribution in [2.75, 3.05) is 32.1 Å². The predicted octanol–water partition coefficient (Wildman–Crippen LogP) is 2.31. The van der Waals surface area contributed by atoms with Crippen LogP contribution >= 0.6 is 24.0 Å². The Morgan fingerprint density at radius 3 is 2.95 bits per heavy atom. The molecule has 2 rings (SSSR count). The van der Waals surface area contributed by atoms with E-state index in [-0.39, 0.29) is 24.0 Å². The number of likely N-dealkylation sites (tertiary alicyclic amines) is 1. The minimum Gasteiger partial charge on any atom is -0.370 e. The van der Waals surface area contributed by atoms with E-state index < -0.39 is 0 Å². The van der Waals surface area contributed by atoms with Crippen LogP contribution < -0.4 is 10.6 Å². The maximum atomic E-state index is 6.13. The Labute approximate surface area is 144 Å². The van der Waals surface area contributed by atoms with Gasteiger partial charge < -0.3 is 15.5 Å². The summed E-state index contributed by atoms with van der Waals surface area (Å²) in [5.74, 6) is 2.31. The maximum Gasteiger partial charge on any atom is 0.191 e. The molecule has 5 nitrogen and oxygen atoms in total. The van der Waals surface area contributed by atoms with Gasteiger partial charge in [0.1, 0.15) is 5.82 Å². The van der Waals surface area contributed by atoms with E-state index in [0.29, 0.717) is 18.4 Å². The SMILES string of the molecule is CC1CCCN(C(N)=NCc2cccnc2N(C)C)C1.I. The molecular weight excluding hydrogens is 377 g/mol. The van der Waals surface area contributed by atoms with Crippen molar-refractivity contribution in [2.24, 2.45) is 16.6 Å². The number of anilines is 1. The van der Waals surface area contributed by atoms with Crippen molar-refractivity contribution in [3.8, 4) is 0 Å². The number of hydrogen-bond donors (Lipinski definition) is 1. The number of nitrogens with zero attached hydrogens (tertiary/aromatic N) is 4. The second-order valence-electron chi connectivity index (χ2n) is 5.75. The molecule has 21 heavy (non-hydrogen) atoms. The molecule has 1 unspecified atom stereocenters. The van der Waals surface area contributed by atoms with Crippen LogP contribution in [-0.2, 0) is 6.54 Å². The molecule has 118 valence electrons. The van der Waals surface area contributed by atoms with E-state index in [1.54, 1.807) is 6.20 Å². The molecule has 1 atom stereocenters. The lowest BCUT2D eigenvalue weighted by Crippen LogP contribution is -2.43. The fourth-order valence-corrected chi connectivity index (χ4v) is 2.62. The molecule has 0 amide bonds. The Bertz CT molecular complexity index is 475. The number of piperidine rings is 1. The van der Waals surface area contributed by atoms with Gasteiger partial charge in [0, 0.05) is 38.9 Å². The van der Waals surface area contributed by atoms with Crippen molar-refractivity contribution < 1.29 is 0 Å². The molecule has 0 spiro atoms. The topological polar surface area (TPSA) is 57.8 Å². The van der Waals surface area contributed by atoms with Crippen LogP contribution in [0.2, 0.25) is 0 Å². The molecular formula is C15H26IN5. The third-order valence-corrected chi connectivity index (χ3v) is 3.68. The molecule has 2 N–H and O–H groups in total. The van der Waals surface area contributed by atoms with Gasteiger partial charge in [0.05, 0.1) is 6.54 Å². The largest absolute Gasteiger partial charge is 0.370 e. The number of halogens is 1. The fourth-order valence-electron chi connectivity index (χ4n) is 2.62. The van der Waals surface area contributed by atoms with E-state index in [2.05, 4.69) is 27.9 Å². The number of nitrogens with two attached hydrogens (primary N) is 1. The Morgan fingerprint density at radius 1 is 1.52 bits per heavy atom. The molecule has 1 fully saturated rings. The second-order valence-corrected chi connectivity index (χ2v) is 5.75. The predicted molar refractivity (Wildman–Crippen MR) is 99.3 cm³/mol. The highest BCUT2D eigenvalue weighted by Gasteiger charge is 2.17. The Hall–Kier alpha value is -1.05. The number of guanidine groups is 1. The van der Waals surface area contributed by atoms with Crippen LogP contribution in [0.1, 0.15) is 25.3 Å². The van der Waals surface area contributed by atoms with Gasteiger partial charge in [-0.2, -0.15) is 0 Å². The van der Waals surface area contributed by atoms with Crippen molar-refractivity contribution in [3.05, 3.63) is 23.9 Å². The van der Waals surface area contributed by atoms with Crippen LogP contribution in [0.25, 0.3) is 0 Å². The van der Waals surface area contributed by atoms with Gasteiger partial charge in [0.2, 0.25) is 0 Å². The molecule has 1 saturated heterocycles. The molecule has 1 aliphatic rings. The normalized spacial score (nSPS) is 19.1. The summed E-state index contributed by atoms with van der Waals surface area (Å²) >= 11 is 0. The zero-order chi connectivity index (χ0) is 14.5. The number of pyridine rings is 1. The van der Waals surface area contributed by atoms with Crippen LogP contribution in [0.15, 0.2) is 23.3 Å². The smallest absolute Gasteiger partial charge is 0.191 e. The minimum absolute atomic E-state index is 0. The summed E-state index contributed by atoms with van der Waals surface area (Å²) in [5.41, 5.74) is 7.23. The third-order valence-electron chi connectivity index (χ3n) is 3.68. The van der Waals surface area contributed by atoms with Gasteiger partial charge in [-0.15, -0.1) is 24.0 Å². The molecule has 2 heterocycles. The fraction of sp³-hybridized carbons (Fsp3) is 0.600. The van der Waals surface area contributed by atoms with Gasteiger partial charge >= 0.3 is 0 Å². The van der Waals surface area contributed by atoms with Crippen LogP contribution in [0, 0.1) is 5.92 Å². The second kappa shape index (κ2) is 8.41. The number of hydrogen-bond acceptors (Lipinski definition) is 3. The van der Waals surface area contributed by atoms with Crippen molar-refractivity contribution >= 4 is 35.8 Å². The van der Waals surface area contributed by atoms with E-state index in [9.17, 15) is 0 Å². The van der Waals surface area contributed by atoms with Crippen LogP contribution in [0.5, 0.6) is 0 Å². The molecule has 1 aromatic heterocycles. The minimum atomic E-state index is 0. The Kier molecular flexibility index (Phi) is 7.21. The summed E-state index contributed by atoms with van der Waals surface area (Å²) in [6.07, 6.45) is 4.29. The molecule has 0 saturated carbocycles. The lowest BCUT2D eigenvalue weighted by atomic mass is 10.0. The molecule has 0 aliphatic carbocycles. The standard InChI is InChI=1S/C15H25N5.HI/c1-12-6-5-9-20(11-12)15(16)18-10-13-7-4-8-17-14(13)19(2)3;/h4,7-8,12H,5-6,9-11H2,1-3H3,(H2,16,18);1H. The van der Waals surface area contributed by atoms with E-state index >= 15 is 0 Å². The Balaban J connectivity index is 0.00000220. The summed E-state index contributed by atoms with van der Waals surface area (Å²) in [6.45, 7) is 4.89. The Morgan fingerprint density at radius 2 is 2.29 bits per heavy atom. The highest BCUT2D eigenvalue weighted by molar-refractivity contribution is 14.0. The van der Waals surface area contributed by atoms with Crippen LogP contribution in [0.3, 0.4) is 0 Å². The van der Waals surface area contributed by atoms with Gasteiger partial charge in [0.25, 0.3) is 0 Å². The van der Waals surface area contributed by atoms with Crippen molar-refractivity contribution in [2.45, 2.75) is 26.3 Å². The number of rotatable bonds is 3. The van der Waals surface area contributed by atoms with Crippen LogP contribution in [-0.4, -0.2) is 43.0 Å². The first-order valence-corrected chi connectivity index (χ1v) is 7.24. The van der Waals surface area contributed by atoms with Crippen molar-refractivity contribution in [3.63, 3.8) is 0 Å². The first-order chi connectivity index (χ1) is 9.58. The molecule has 0 radical (unpaired) electrons.